The van der Waals surface area contributed by atoms with Crippen molar-refractivity contribution in [2.24, 2.45) is 12.0 Å². The Morgan fingerprint density at radius 3 is 2.80 bits per heavy atom. The number of hydrogen-bond donors (Lipinski definition) is 2. The molecule has 0 unspecified atom stereocenters. The number of rotatable bonds is 6. The zero-order valence-corrected chi connectivity index (χ0v) is 17.5. The average molecular weight is 470 g/mol. The van der Waals surface area contributed by atoms with Crippen molar-refractivity contribution < 1.29 is 0 Å². The van der Waals surface area contributed by atoms with Crippen molar-refractivity contribution in [2.75, 3.05) is 13.6 Å². The lowest BCUT2D eigenvalue weighted by atomic mass is 10.3. The van der Waals surface area contributed by atoms with E-state index in [1.54, 1.807) is 24.6 Å². The maximum Gasteiger partial charge on any atom is 0.191 e. The number of guanidine groups is 1. The SMILES string of the molecule is CN=C(NCCCc1nc2ccccc2s1)NCc1ccnn1C.I. The molecule has 0 atom stereocenters. The highest BCUT2D eigenvalue weighted by Gasteiger charge is 2.04. The maximum atomic E-state index is 4.66. The first-order valence-electron chi connectivity index (χ1n) is 8.02. The van der Waals surface area contributed by atoms with Gasteiger partial charge in [-0.3, -0.25) is 9.67 Å². The van der Waals surface area contributed by atoms with Crippen LogP contribution in [0.25, 0.3) is 10.2 Å². The minimum atomic E-state index is 0. The predicted molar refractivity (Wildman–Crippen MR) is 115 cm³/mol. The number of benzene rings is 1. The molecule has 0 spiro atoms. The number of aromatic nitrogens is 3. The van der Waals surface area contributed by atoms with Crippen molar-refractivity contribution in [2.45, 2.75) is 19.4 Å². The summed E-state index contributed by atoms with van der Waals surface area (Å²) >= 11 is 1.78. The van der Waals surface area contributed by atoms with Crippen molar-refractivity contribution in [3.05, 3.63) is 47.2 Å². The summed E-state index contributed by atoms with van der Waals surface area (Å²) in [6.07, 6.45) is 3.79. The molecule has 6 nitrogen and oxygen atoms in total. The number of para-hydroxylation sites is 1. The van der Waals surface area contributed by atoms with Gasteiger partial charge in [-0.05, 0) is 24.6 Å². The smallest absolute Gasteiger partial charge is 0.191 e. The second-order valence-electron chi connectivity index (χ2n) is 5.48. The third kappa shape index (κ3) is 5.40. The Bertz CT molecular complexity index is 792. The minimum absolute atomic E-state index is 0. The van der Waals surface area contributed by atoms with Crippen LogP contribution in [0.4, 0.5) is 0 Å². The quantitative estimate of drug-likeness (QED) is 0.252. The molecule has 134 valence electrons. The number of nitrogens with one attached hydrogen (secondary N) is 2. The van der Waals surface area contributed by atoms with Crippen molar-refractivity contribution in [3.63, 3.8) is 0 Å². The van der Waals surface area contributed by atoms with Crippen LogP contribution in [0.15, 0.2) is 41.5 Å². The molecule has 0 radical (unpaired) electrons. The van der Waals surface area contributed by atoms with Gasteiger partial charge in [0.25, 0.3) is 0 Å². The van der Waals surface area contributed by atoms with Crippen molar-refractivity contribution in [1.29, 1.82) is 0 Å². The predicted octanol–water partition coefficient (Wildman–Crippen LogP) is 2.95. The fourth-order valence-corrected chi connectivity index (χ4v) is 3.45. The summed E-state index contributed by atoms with van der Waals surface area (Å²) in [5.74, 6) is 0.806. The number of nitrogens with zero attached hydrogens (tertiary/aromatic N) is 4. The zero-order chi connectivity index (χ0) is 16.8. The molecule has 0 saturated heterocycles. The summed E-state index contributed by atoms with van der Waals surface area (Å²) < 4.78 is 3.11. The molecule has 0 aliphatic carbocycles. The van der Waals surface area contributed by atoms with Crippen LogP contribution in [-0.2, 0) is 20.0 Å². The summed E-state index contributed by atoms with van der Waals surface area (Å²) in [4.78, 5) is 8.91. The van der Waals surface area contributed by atoms with Crippen molar-refractivity contribution in [3.8, 4) is 0 Å². The van der Waals surface area contributed by atoms with Gasteiger partial charge in [0.1, 0.15) is 0 Å². The topological polar surface area (TPSA) is 67.1 Å². The molecule has 0 saturated carbocycles. The highest BCUT2D eigenvalue weighted by atomic mass is 127. The highest BCUT2D eigenvalue weighted by molar-refractivity contribution is 14.0. The number of hydrogen-bond acceptors (Lipinski definition) is 4. The Balaban J connectivity index is 0.00000225. The third-order valence-corrected chi connectivity index (χ3v) is 4.88. The molecular weight excluding hydrogens is 447 g/mol. The zero-order valence-electron chi connectivity index (χ0n) is 14.4. The molecule has 25 heavy (non-hydrogen) atoms. The van der Waals surface area contributed by atoms with Crippen LogP contribution >= 0.6 is 35.3 Å². The summed E-state index contributed by atoms with van der Waals surface area (Å²) in [6.45, 7) is 1.56. The Morgan fingerprint density at radius 2 is 2.08 bits per heavy atom. The van der Waals surface area contributed by atoms with Crippen LogP contribution in [0.3, 0.4) is 0 Å². The molecule has 3 rings (SSSR count). The van der Waals surface area contributed by atoms with Crippen molar-refractivity contribution >= 4 is 51.5 Å². The van der Waals surface area contributed by atoms with E-state index in [1.807, 2.05) is 23.9 Å². The molecule has 2 heterocycles. The van der Waals surface area contributed by atoms with Gasteiger partial charge in [0.05, 0.1) is 27.5 Å². The van der Waals surface area contributed by atoms with Gasteiger partial charge in [-0.2, -0.15) is 5.10 Å². The Kier molecular flexibility index (Phi) is 7.63. The number of aryl methyl sites for hydroxylation is 2. The number of fused-ring (bicyclic) bond motifs is 1. The number of thiazole rings is 1. The molecule has 0 aliphatic heterocycles. The van der Waals surface area contributed by atoms with E-state index in [0.717, 1.165) is 36.6 Å². The molecule has 0 aliphatic rings. The fourth-order valence-electron chi connectivity index (χ4n) is 2.44. The average Bonchev–Trinajstić information content (AvgIpc) is 3.19. The molecule has 3 aromatic rings. The van der Waals surface area contributed by atoms with E-state index >= 15 is 0 Å². The minimum Gasteiger partial charge on any atom is -0.356 e. The summed E-state index contributed by atoms with van der Waals surface area (Å²) in [7, 11) is 3.72. The van der Waals surface area contributed by atoms with E-state index in [0.29, 0.717) is 6.54 Å². The van der Waals surface area contributed by atoms with E-state index in [1.165, 1.54) is 9.71 Å². The van der Waals surface area contributed by atoms with Crippen LogP contribution < -0.4 is 10.6 Å². The summed E-state index contributed by atoms with van der Waals surface area (Å²) in [5, 5.41) is 12.0. The van der Waals surface area contributed by atoms with Crippen LogP contribution in [0, 0.1) is 0 Å². The van der Waals surface area contributed by atoms with E-state index in [-0.39, 0.29) is 24.0 Å². The molecule has 1 aromatic carbocycles. The molecule has 0 fully saturated rings. The lowest BCUT2D eigenvalue weighted by Crippen LogP contribution is -2.37. The van der Waals surface area contributed by atoms with Crippen molar-refractivity contribution in [1.82, 2.24) is 25.4 Å². The maximum absolute atomic E-state index is 4.66. The standard InChI is InChI=1S/C17H22N6S.HI/c1-18-17(20-12-13-9-11-21-23(13)2)19-10-5-8-16-22-14-6-3-4-7-15(14)24-16;/h3-4,6-7,9,11H,5,8,10,12H2,1-2H3,(H2,18,19,20);1H. The molecule has 0 amide bonds. The van der Waals surface area contributed by atoms with Gasteiger partial charge in [0, 0.05) is 33.3 Å². The third-order valence-electron chi connectivity index (χ3n) is 3.78. The van der Waals surface area contributed by atoms with E-state index in [2.05, 4.69) is 43.9 Å². The molecule has 2 aromatic heterocycles. The Labute approximate surface area is 168 Å². The molecule has 2 N–H and O–H groups in total. The summed E-state index contributed by atoms with van der Waals surface area (Å²) in [6, 6.07) is 10.3. The van der Waals surface area contributed by atoms with Gasteiger partial charge in [0.15, 0.2) is 5.96 Å². The monoisotopic (exact) mass is 470 g/mol. The van der Waals surface area contributed by atoms with Crippen LogP contribution in [-0.4, -0.2) is 34.3 Å². The normalized spacial score (nSPS) is 11.4. The largest absolute Gasteiger partial charge is 0.356 e. The molecule has 8 heteroatoms. The Morgan fingerprint density at radius 1 is 1.24 bits per heavy atom. The number of aliphatic imine (C=N–C) groups is 1. The lowest BCUT2D eigenvalue weighted by Gasteiger charge is -2.11. The highest BCUT2D eigenvalue weighted by Crippen LogP contribution is 2.22. The van der Waals surface area contributed by atoms with Crippen LogP contribution in [0.2, 0.25) is 0 Å². The van der Waals surface area contributed by atoms with E-state index in [4.69, 9.17) is 0 Å². The second kappa shape index (κ2) is 9.71. The van der Waals surface area contributed by atoms with Gasteiger partial charge < -0.3 is 10.6 Å². The molecule has 0 bridgehead atoms. The fraction of sp³-hybridized carbons (Fsp3) is 0.353. The van der Waals surface area contributed by atoms with Crippen LogP contribution in [0.1, 0.15) is 17.1 Å². The van der Waals surface area contributed by atoms with E-state index < -0.39 is 0 Å². The van der Waals surface area contributed by atoms with Gasteiger partial charge in [-0.1, -0.05) is 12.1 Å². The summed E-state index contributed by atoms with van der Waals surface area (Å²) in [5.41, 5.74) is 2.21. The molecular formula is C17H23IN6S. The van der Waals surface area contributed by atoms with Gasteiger partial charge in [-0.15, -0.1) is 35.3 Å². The van der Waals surface area contributed by atoms with E-state index in [9.17, 15) is 0 Å². The lowest BCUT2D eigenvalue weighted by molar-refractivity contribution is 0.679. The van der Waals surface area contributed by atoms with Gasteiger partial charge >= 0.3 is 0 Å². The first-order chi connectivity index (χ1) is 11.8. The first kappa shape index (κ1) is 19.6. The number of halogens is 1. The van der Waals surface area contributed by atoms with Gasteiger partial charge in [-0.25, -0.2) is 4.98 Å². The second-order valence-corrected chi connectivity index (χ2v) is 6.59. The first-order valence-corrected chi connectivity index (χ1v) is 8.84. The van der Waals surface area contributed by atoms with Crippen LogP contribution in [0.5, 0.6) is 0 Å². The Hall–Kier alpha value is -1.68. The van der Waals surface area contributed by atoms with Gasteiger partial charge in [0.2, 0.25) is 0 Å².